The van der Waals surface area contributed by atoms with Gasteiger partial charge in [-0.1, -0.05) is 43.4 Å². The summed E-state index contributed by atoms with van der Waals surface area (Å²) in [4.78, 5) is 16.6. The SMILES string of the molecule is CC(C)Cc1noc(COC(=O)c2ccc(Cl)c(S(=O)(=O)N3CCCCCC3)c2)n1. The monoisotopic (exact) mass is 455 g/mol. The first-order chi connectivity index (χ1) is 14.3. The molecule has 0 aliphatic carbocycles. The number of esters is 1. The second-order valence-corrected chi connectivity index (χ2v) is 10.1. The molecule has 2 aromatic rings. The predicted molar refractivity (Wildman–Crippen MR) is 111 cm³/mol. The van der Waals surface area contributed by atoms with E-state index in [1.807, 2.05) is 13.8 Å². The Morgan fingerprint density at radius 3 is 2.60 bits per heavy atom. The largest absolute Gasteiger partial charge is 0.452 e. The fourth-order valence-electron chi connectivity index (χ4n) is 3.26. The maximum atomic E-state index is 13.1. The van der Waals surface area contributed by atoms with Gasteiger partial charge in [0.15, 0.2) is 12.4 Å². The first-order valence-electron chi connectivity index (χ1n) is 10.1. The van der Waals surface area contributed by atoms with Gasteiger partial charge in [0.1, 0.15) is 4.90 Å². The van der Waals surface area contributed by atoms with Gasteiger partial charge < -0.3 is 9.26 Å². The number of carbonyl (C=O) groups excluding carboxylic acids is 1. The molecule has 164 valence electrons. The average molecular weight is 456 g/mol. The van der Waals surface area contributed by atoms with Crippen LogP contribution < -0.4 is 0 Å². The molecule has 0 radical (unpaired) electrons. The standard InChI is InChI=1S/C20H26ClN3O5S/c1-14(2)11-18-22-19(29-23-18)13-28-20(25)15-7-8-16(21)17(12-15)30(26,27)24-9-5-3-4-6-10-24/h7-8,12,14H,3-6,9-11,13H2,1-2H3. The van der Waals surface area contributed by atoms with E-state index in [0.717, 1.165) is 25.7 Å². The maximum absolute atomic E-state index is 13.1. The predicted octanol–water partition coefficient (Wildman–Crippen LogP) is 3.84. The van der Waals surface area contributed by atoms with Gasteiger partial charge in [0.05, 0.1) is 10.6 Å². The van der Waals surface area contributed by atoms with Crippen molar-refractivity contribution < 1.29 is 22.5 Å². The van der Waals surface area contributed by atoms with Crippen molar-refractivity contribution in [1.82, 2.24) is 14.4 Å². The smallest absolute Gasteiger partial charge is 0.338 e. The third-order valence-electron chi connectivity index (χ3n) is 4.78. The number of aromatic nitrogens is 2. The van der Waals surface area contributed by atoms with E-state index < -0.39 is 16.0 Å². The van der Waals surface area contributed by atoms with Crippen LogP contribution in [0.4, 0.5) is 0 Å². The van der Waals surface area contributed by atoms with Gasteiger partial charge in [-0.2, -0.15) is 9.29 Å². The number of ether oxygens (including phenoxy) is 1. The highest BCUT2D eigenvalue weighted by Crippen LogP contribution is 2.28. The summed E-state index contributed by atoms with van der Waals surface area (Å²) in [6.07, 6.45) is 4.27. The van der Waals surface area contributed by atoms with Gasteiger partial charge in [0, 0.05) is 19.5 Å². The number of hydrogen-bond acceptors (Lipinski definition) is 7. The number of hydrogen-bond donors (Lipinski definition) is 0. The molecule has 0 amide bonds. The van der Waals surface area contributed by atoms with Gasteiger partial charge in [-0.25, -0.2) is 13.2 Å². The van der Waals surface area contributed by atoms with Gasteiger partial charge in [-0.05, 0) is 37.0 Å². The number of benzene rings is 1. The maximum Gasteiger partial charge on any atom is 0.338 e. The van der Waals surface area contributed by atoms with E-state index >= 15 is 0 Å². The highest BCUT2D eigenvalue weighted by Gasteiger charge is 2.28. The van der Waals surface area contributed by atoms with Crippen molar-refractivity contribution in [2.45, 2.75) is 57.5 Å². The van der Waals surface area contributed by atoms with Gasteiger partial charge in [0.25, 0.3) is 5.89 Å². The van der Waals surface area contributed by atoms with E-state index in [-0.39, 0.29) is 28.0 Å². The van der Waals surface area contributed by atoms with E-state index in [0.29, 0.717) is 31.3 Å². The Labute approximate surface area is 181 Å². The third kappa shape index (κ3) is 5.59. The average Bonchev–Trinajstić information content (AvgIpc) is 2.95. The van der Waals surface area contributed by atoms with Crippen molar-refractivity contribution in [3.05, 3.63) is 40.5 Å². The second-order valence-electron chi connectivity index (χ2n) is 7.74. The van der Waals surface area contributed by atoms with Crippen LogP contribution in [-0.4, -0.2) is 41.9 Å². The number of sulfonamides is 1. The van der Waals surface area contributed by atoms with Crippen LogP contribution in [0.1, 0.15) is 61.6 Å². The molecule has 1 saturated heterocycles. The molecule has 2 heterocycles. The first kappa shape index (κ1) is 22.7. The van der Waals surface area contributed by atoms with Crippen molar-refractivity contribution in [2.24, 2.45) is 5.92 Å². The van der Waals surface area contributed by atoms with E-state index in [1.54, 1.807) is 0 Å². The molecular weight excluding hydrogens is 430 g/mol. The van der Waals surface area contributed by atoms with Crippen molar-refractivity contribution in [3.63, 3.8) is 0 Å². The summed E-state index contributed by atoms with van der Waals surface area (Å²) in [6.45, 7) is 4.77. The molecule has 3 rings (SSSR count). The van der Waals surface area contributed by atoms with Crippen molar-refractivity contribution in [3.8, 4) is 0 Å². The molecule has 0 unspecified atom stereocenters. The molecule has 0 spiro atoms. The van der Waals surface area contributed by atoms with Crippen molar-refractivity contribution in [1.29, 1.82) is 0 Å². The fraction of sp³-hybridized carbons (Fsp3) is 0.550. The molecule has 1 aromatic carbocycles. The van der Waals surface area contributed by atoms with E-state index in [2.05, 4.69) is 10.1 Å². The topological polar surface area (TPSA) is 103 Å². The first-order valence-corrected chi connectivity index (χ1v) is 11.9. The summed E-state index contributed by atoms with van der Waals surface area (Å²) in [5.41, 5.74) is 0.0923. The number of halogens is 1. The van der Waals surface area contributed by atoms with Crippen LogP contribution in [0, 0.1) is 5.92 Å². The highest BCUT2D eigenvalue weighted by molar-refractivity contribution is 7.89. The minimum atomic E-state index is -3.79. The summed E-state index contributed by atoms with van der Waals surface area (Å²) in [5, 5.41) is 3.92. The van der Waals surface area contributed by atoms with Gasteiger partial charge >= 0.3 is 5.97 Å². The van der Waals surface area contributed by atoms with E-state index in [4.69, 9.17) is 20.9 Å². The summed E-state index contributed by atoms with van der Waals surface area (Å²) in [5.74, 6) is 0.415. The molecule has 0 bridgehead atoms. The lowest BCUT2D eigenvalue weighted by molar-refractivity contribution is 0.0429. The lowest BCUT2D eigenvalue weighted by Gasteiger charge is -2.20. The van der Waals surface area contributed by atoms with Crippen LogP contribution in [0.25, 0.3) is 0 Å². The molecule has 0 N–H and O–H groups in total. The minimum absolute atomic E-state index is 0.0750. The molecule has 1 aliphatic heterocycles. The molecule has 1 aliphatic rings. The Bertz CT molecular complexity index is 982. The summed E-state index contributed by atoms with van der Waals surface area (Å²) in [7, 11) is -3.79. The molecular formula is C20H26ClN3O5S. The summed E-state index contributed by atoms with van der Waals surface area (Å²) >= 11 is 6.17. The van der Waals surface area contributed by atoms with Crippen LogP contribution in [0.15, 0.2) is 27.6 Å². The minimum Gasteiger partial charge on any atom is -0.452 e. The Kier molecular flexibility index (Phi) is 7.49. The zero-order valence-electron chi connectivity index (χ0n) is 17.1. The van der Waals surface area contributed by atoms with Crippen molar-refractivity contribution in [2.75, 3.05) is 13.1 Å². The lowest BCUT2D eigenvalue weighted by Crippen LogP contribution is -2.32. The van der Waals surface area contributed by atoms with Gasteiger partial charge in [-0.15, -0.1) is 0 Å². The van der Waals surface area contributed by atoms with Gasteiger partial charge in [-0.3, -0.25) is 0 Å². The van der Waals surface area contributed by atoms with Gasteiger partial charge in [0.2, 0.25) is 10.0 Å². The molecule has 0 saturated carbocycles. The van der Waals surface area contributed by atoms with Crippen LogP contribution in [0.3, 0.4) is 0 Å². The quantitative estimate of drug-likeness (QED) is 0.584. The number of nitrogens with zero attached hydrogens (tertiary/aromatic N) is 3. The Morgan fingerprint density at radius 1 is 1.23 bits per heavy atom. The number of rotatable bonds is 7. The molecule has 0 atom stereocenters. The van der Waals surface area contributed by atoms with Crippen LogP contribution in [-0.2, 0) is 27.8 Å². The Morgan fingerprint density at radius 2 is 1.93 bits per heavy atom. The zero-order chi connectivity index (χ0) is 21.7. The van der Waals surface area contributed by atoms with Crippen LogP contribution in [0.5, 0.6) is 0 Å². The Hall–Kier alpha value is -1.97. The second kappa shape index (κ2) is 9.89. The molecule has 30 heavy (non-hydrogen) atoms. The van der Waals surface area contributed by atoms with E-state index in [9.17, 15) is 13.2 Å². The molecule has 1 aromatic heterocycles. The molecule has 10 heteroatoms. The number of carbonyl (C=O) groups is 1. The Balaban J connectivity index is 1.72. The lowest BCUT2D eigenvalue weighted by atomic mass is 10.1. The zero-order valence-corrected chi connectivity index (χ0v) is 18.7. The highest BCUT2D eigenvalue weighted by atomic mass is 35.5. The fourth-order valence-corrected chi connectivity index (χ4v) is 5.27. The third-order valence-corrected chi connectivity index (χ3v) is 7.16. The molecule has 8 nitrogen and oxygen atoms in total. The van der Waals surface area contributed by atoms with E-state index in [1.165, 1.54) is 22.5 Å². The van der Waals surface area contributed by atoms with Crippen molar-refractivity contribution >= 4 is 27.6 Å². The molecule has 1 fully saturated rings. The summed E-state index contributed by atoms with van der Waals surface area (Å²) < 4.78 is 37.9. The normalized spacial score (nSPS) is 15.9. The van der Waals surface area contributed by atoms with Crippen LogP contribution in [0.2, 0.25) is 5.02 Å². The summed E-state index contributed by atoms with van der Waals surface area (Å²) in [6, 6.07) is 4.10. The van der Waals surface area contributed by atoms with Crippen LogP contribution >= 0.6 is 11.6 Å².